The Hall–Kier alpha value is -1.12. The van der Waals surface area contributed by atoms with E-state index < -0.39 is 0 Å². The third kappa shape index (κ3) is 0.932. The highest BCUT2D eigenvalue weighted by Crippen LogP contribution is 1.97. The second kappa shape index (κ2) is 2.26. The van der Waals surface area contributed by atoms with Gasteiger partial charge in [-0.15, -0.1) is 0 Å². The van der Waals surface area contributed by atoms with E-state index in [9.17, 15) is 0 Å². The molecule has 0 unspecified atom stereocenters. The van der Waals surface area contributed by atoms with Crippen LogP contribution in [0, 0.1) is 0 Å². The molecule has 8 heavy (non-hydrogen) atoms. The van der Waals surface area contributed by atoms with E-state index in [0.29, 0.717) is 5.95 Å². The molecule has 3 nitrogen and oxygen atoms in total. The van der Waals surface area contributed by atoms with E-state index in [1.807, 2.05) is 6.92 Å². The first-order chi connectivity index (χ1) is 3.93. The minimum Gasteiger partial charge on any atom is -0.329 e. The molecule has 0 spiro atoms. The number of rotatable bonds is 1. The lowest BCUT2D eigenvalue weighted by molar-refractivity contribution is 1.25. The zero-order valence-electron chi connectivity index (χ0n) is 4.63. The van der Waals surface area contributed by atoms with Crippen molar-refractivity contribution in [3.63, 3.8) is 0 Å². The minimum absolute atomic E-state index is 0.660. The lowest BCUT2D eigenvalue weighted by atomic mass is 10.9. The highest BCUT2D eigenvalue weighted by molar-refractivity contribution is 5.57. The molecule has 0 saturated heterocycles. The zero-order valence-corrected chi connectivity index (χ0v) is 4.63. The number of hydrogen-bond donors (Lipinski definition) is 1. The second-order valence-electron chi connectivity index (χ2n) is 1.30. The van der Waals surface area contributed by atoms with Crippen LogP contribution in [-0.2, 0) is 0 Å². The van der Waals surface area contributed by atoms with Gasteiger partial charge in [-0.25, -0.2) is 9.98 Å². The Balaban J connectivity index is 2.77. The van der Waals surface area contributed by atoms with Gasteiger partial charge in [0.1, 0.15) is 0 Å². The van der Waals surface area contributed by atoms with E-state index >= 15 is 0 Å². The van der Waals surface area contributed by atoms with Crippen LogP contribution in [0.5, 0.6) is 0 Å². The number of imidazole rings is 1. The van der Waals surface area contributed by atoms with Crippen molar-refractivity contribution in [3.05, 3.63) is 12.4 Å². The average Bonchev–Trinajstić information content (AvgIpc) is 2.19. The van der Waals surface area contributed by atoms with Gasteiger partial charge in [0.15, 0.2) is 0 Å². The van der Waals surface area contributed by atoms with Gasteiger partial charge in [-0.2, -0.15) is 0 Å². The van der Waals surface area contributed by atoms with Crippen molar-refractivity contribution < 1.29 is 0 Å². The van der Waals surface area contributed by atoms with Crippen LogP contribution >= 0.6 is 0 Å². The second-order valence-corrected chi connectivity index (χ2v) is 1.30. The lowest BCUT2D eigenvalue weighted by Crippen LogP contribution is -1.64. The van der Waals surface area contributed by atoms with Gasteiger partial charge in [-0.3, -0.25) is 0 Å². The van der Waals surface area contributed by atoms with Crippen LogP contribution in [0.2, 0.25) is 0 Å². The average molecular weight is 109 g/mol. The summed E-state index contributed by atoms with van der Waals surface area (Å²) in [6.45, 7) is 1.85. The summed E-state index contributed by atoms with van der Waals surface area (Å²) in [5.41, 5.74) is 0. The topological polar surface area (TPSA) is 41.0 Å². The first-order valence-electron chi connectivity index (χ1n) is 2.41. The van der Waals surface area contributed by atoms with Crippen LogP contribution in [0.4, 0.5) is 5.95 Å². The summed E-state index contributed by atoms with van der Waals surface area (Å²) in [5, 5.41) is 0. The molecule has 0 aliphatic heterocycles. The summed E-state index contributed by atoms with van der Waals surface area (Å²) in [6, 6.07) is 0. The van der Waals surface area contributed by atoms with Crippen molar-refractivity contribution in [2.24, 2.45) is 4.99 Å². The molecule has 0 saturated carbocycles. The van der Waals surface area contributed by atoms with Gasteiger partial charge in [0.25, 0.3) is 0 Å². The third-order valence-electron chi connectivity index (χ3n) is 0.735. The molecule has 1 heterocycles. The largest absolute Gasteiger partial charge is 0.329 e. The van der Waals surface area contributed by atoms with E-state index in [4.69, 9.17) is 0 Å². The fraction of sp³-hybridized carbons (Fsp3) is 0.200. The predicted molar refractivity (Wildman–Crippen MR) is 32.4 cm³/mol. The van der Waals surface area contributed by atoms with Crippen LogP contribution in [0.3, 0.4) is 0 Å². The Bertz CT molecular complexity index is 164. The molecule has 0 aromatic carbocycles. The van der Waals surface area contributed by atoms with Gasteiger partial charge in [0, 0.05) is 18.6 Å². The number of H-pyrrole nitrogens is 1. The molecule has 1 aromatic rings. The highest BCUT2D eigenvalue weighted by atomic mass is 15.0. The molecular formula is C5H7N3. The van der Waals surface area contributed by atoms with Crippen molar-refractivity contribution in [3.8, 4) is 0 Å². The molecule has 1 N–H and O–H groups in total. The fourth-order valence-electron chi connectivity index (χ4n) is 0.450. The standard InChI is InChI=1S/C5H7N3/c1-2-6-5-7-3-4-8-5/h2-4H,1H3,(H,7,8)/b6-2+. The molecule has 0 aliphatic rings. The van der Waals surface area contributed by atoms with Crippen molar-refractivity contribution in [1.29, 1.82) is 0 Å². The Morgan fingerprint density at radius 3 is 3.25 bits per heavy atom. The van der Waals surface area contributed by atoms with Crippen molar-refractivity contribution >= 4 is 12.2 Å². The quantitative estimate of drug-likeness (QED) is 0.539. The summed E-state index contributed by atoms with van der Waals surface area (Å²) in [6.07, 6.45) is 5.10. The zero-order chi connectivity index (χ0) is 5.82. The van der Waals surface area contributed by atoms with E-state index in [-0.39, 0.29) is 0 Å². The van der Waals surface area contributed by atoms with Gasteiger partial charge in [0.05, 0.1) is 0 Å². The van der Waals surface area contributed by atoms with E-state index in [2.05, 4.69) is 15.0 Å². The number of aromatic nitrogens is 2. The Morgan fingerprint density at radius 2 is 2.75 bits per heavy atom. The Labute approximate surface area is 47.5 Å². The summed E-state index contributed by atoms with van der Waals surface area (Å²) >= 11 is 0. The number of aromatic amines is 1. The van der Waals surface area contributed by atoms with Gasteiger partial charge in [-0.1, -0.05) is 0 Å². The SMILES string of the molecule is C/C=N/c1ncc[nH]1. The van der Waals surface area contributed by atoms with Crippen LogP contribution < -0.4 is 0 Å². The number of aliphatic imine (C=N–C) groups is 1. The Kier molecular flexibility index (Phi) is 1.42. The van der Waals surface area contributed by atoms with Gasteiger partial charge in [-0.05, 0) is 6.92 Å². The summed E-state index contributed by atoms with van der Waals surface area (Å²) in [7, 11) is 0. The first kappa shape index (κ1) is 5.03. The molecule has 3 heteroatoms. The Morgan fingerprint density at radius 1 is 1.88 bits per heavy atom. The van der Waals surface area contributed by atoms with Gasteiger partial charge >= 0.3 is 0 Å². The number of nitrogens with zero attached hydrogens (tertiary/aromatic N) is 2. The van der Waals surface area contributed by atoms with Crippen molar-refractivity contribution in [1.82, 2.24) is 9.97 Å². The maximum Gasteiger partial charge on any atom is 0.226 e. The molecule has 0 atom stereocenters. The molecule has 0 bridgehead atoms. The normalized spacial score (nSPS) is 10.6. The maximum absolute atomic E-state index is 3.88. The van der Waals surface area contributed by atoms with Crippen molar-refractivity contribution in [2.75, 3.05) is 0 Å². The molecule has 0 fully saturated rings. The summed E-state index contributed by atoms with van der Waals surface area (Å²) in [4.78, 5) is 10.6. The van der Waals surface area contributed by atoms with E-state index in [1.54, 1.807) is 18.6 Å². The molecule has 0 amide bonds. The third-order valence-corrected chi connectivity index (χ3v) is 0.735. The van der Waals surface area contributed by atoms with Crippen LogP contribution in [0.15, 0.2) is 17.4 Å². The minimum atomic E-state index is 0.660. The van der Waals surface area contributed by atoms with E-state index in [1.165, 1.54) is 0 Å². The van der Waals surface area contributed by atoms with Crippen LogP contribution in [0.1, 0.15) is 6.92 Å². The first-order valence-corrected chi connectivity index (χ1v) is 2.41. The lowest BCUT2D eigenvalue weighted by Gasteiger charge is -1.76. The molecule has 0 aliphatic carbocycles. The molecule has 1 rings (SSSR count). The molecule has 1 aromatic heterocycles. The highest BCUT2D eigenvalue weighted by Gasteiger charge is 1.81. The number of hydrogen-bond acceptors (Lipinski definition) is 2. The molecule has 0 radical (unpaired) electrons. The molecular weight excluding hydrogens is 102 g/mol. The monoisotopic (exact) mass is 109 g/mol. The van der Waals surface area contributed by atoms with Gasteiger partial charge < -0.3 is 4.98 Å². The number of nitrogens with one attached hydrogen (secondary N) is 1. The summed E-state index contributed by atoms with van der Waals surface area (Å²) < 4.78 is 0. The molecule has 42 valence electrons. The van der Waals surface area contributed by atoms with Gasteiger partial charge in [0.2, 0.25) is 5.95 Å². The maximum atomic E-state index is 3.88. The van der Waals surface area contributed by atoms with E-state index in [0.717, 1.165) is 0 Å². The predicted octanol–water partition coefficient (Wildman–Crippen LogP) is 1.13. The van der Waals surface area contributed by atoms with Crippen LogP contribution in [0.25, 0.3) is 0 Å². The van der Waals surface area contributed by atoms with Crippen LogP contribution in [-0.4, -0.2) is 16.2 Å². The van der Waals surface area contributed by atoms with Crippen molar-refractivity contribution in [2.45, 2.75) is 6.92 Å². The summed E-state index contributed by atoms with van der Waals surface area (Å²) in [5.74, 6) is 0.660. The smallest absolute Gasteiger partial charge is 0.226 e. The fourth-order valence-corrected chi connectivity index (χ4v) is 0.450.